The monoisotopic (exact) mass is 212 g/mol. The lowest BCUT2D eigenvalue weighted by Crippen LogP contribution is -2.34. The first-order valence-electron chi connectivity index (χ1n) is 5.95. The van der Waals surface area contributed by atoms with Crippen LogP contribution in [0.2, 0.25) is 0 Å². The summed E-state index contributed by atoms with van der Waals surface area (Å²) in [5.41, 5.74) is 4.15. The molecule has 1 saturated heterocycles. The second-order valence-electron chi connectivity index (χ2n) is 4.58. The van der Waals surface area contributed by atoms with Crippen molar-refractivity contribution >= 4 is 0 Å². The highest BCUT2D eigenvalue weighted by Gasteiger charge is 2.15. The molecule has 1 rings (SSSR count). The predicted molar refractivity (Wildman–Crippen MR) is 63.4 cm³/mol. The lowest BCUT2D eigenvalue weighted by Gasteiger charge is -2.24. The van der Waals surface area contributed by atoms with Crippen molar-refractivity contribution in [3.8, 4) is 0 Å². The highest BCUT2D eigenvalue weighted by molar-refractivity contribution is 5.00. The Morgan fingerprint density at radius 2 is 2.33 bits per heavy atom. The summed E-state index contributed by atoms with van der Waals surface area (Å²) in [6, 6.07) is 0.292. The van der Waals surface area contributed by atoms with E-state index in [9.17, 15) is 0 Å². The molecule has 2 atom stereocenters. The van der Waals surface area contributed by atoms with Crippen LogP contribution in [0.4, 0.5) is 0 Å². The second kappa shape index (κ2) is 6.99. The molecule has 15 heavy (non-hydrogen) atoms. The van der Waals surface area contributed by atoms with Gasteiger partial charge >= 0.3 is 0 Å². The number of nitrogens with one attached hydrogen (secondary N) is 1. The Morgan fingerprint density at radius 3 is 2.87 bits per heavy atom. The van der Waals surface area contributed by atoms with E-state index < -0.39 is 0 Å². The maximum atomic E-state index is 5.69. The SMILES string of the molecule is CC(C)=CC(CCC1CCCCO1)NN. The summed E-state index contributed by atoms with van der Waals surface area (Å²) in [7, 11) is 0. The lowest BCUT2D eigenvalue weighted by molar-refractivity contribution is 0.00926. The number of nitrogens with two attached hydrogens (primary N) is 1. The summed E-state index contributed by atoms with van der Waals surface area (Å²) in [5, 5.41) is 0. The van der Waals surface area contributed by atoms with E-state index in [1.165, 1.54) is 24.8 Å². The first kappa shape index (κ1) is 12.7. The molecule has 0 spiro atoms. The summed E-state index contributed by atoms with van der Waals surface area (Å²) in [4.78, 5) is 0. The third-order valence-electron chi connectivity index (χ3n) is 2.82. The zero-order valence-electron chi connectivity index (χ0n) is 9.96. The van der Waals surface area contributed by atoms with Crippen LogP contribution in [-0.4, -0.2) is 18.8 Å². The fraction of sp³-hybridized carbons (Fsp3) is 0.833. The Labute approximate surface area is 93.0 Å². The van der Waals surface area contributed by atoms with Crippen LogP contribution in [0.25, 0.3) is 0 Å². The van der Waals surface area contributed by atoms with E-state index in [4.69, 9.17) is 10.6 Å². The second-order valence-corrected chi connectivity index (χ2v) is 4.58. The van der Waals surface area contributed by atoms with Crippen LogP contribution < -0.4 is 11.3 Å². The summed E-state index contributed by atoms with van der Waals surface area (Å²) >= 11 is 0. The van der Waals surface area contributed by atoms with E-state index in [1.807, 2.05) is 0 Å². The Bertz CT molecular complexity index is 194. The molecule has 0 aromatic rings. The van der Waals surface area contributed by atoms with Gasteiger partial charge in [-0.2, -0.15) is 0 Å². The Balaban J connectivity index is 2.23. The van der Waals surface area contributed by atoms with Crippen LogP contribution in [-0.2, 0) is 4.74 Å². The maximum absolute atomic E-state index is 5.69. The molecule has 0 aliphatic carbocycles. The zero-order chi connectivity index (χ0) is 11.1. The molecule has 0 radical (unpaired) electrons. The lowest BCUT2D eigenvalue weighted by atomic mass is 10.0. The highest BCUT2D eigenvalue weighted by atomic mass is 16.5. The van der Waals surface area contributed by atoms with Crippen LogP contribution in [0.5, 0.6) is 0 Å². The van der Waals surface area contributed by atoms with Gasteiger partial charge in [-0.15, -0.1) is 0 Å². The number of rotatable bonds is 5. The van der Waals surface area contributed by atoms with Gasteiger partial charge in [0.15, 0.2) is 0 Å². The van der Waals surface area contributed by atoms with Crippen molar-refractivity contribution in [1.29, 1.82) is 0 Å². The molecule has 3 heteroatoms. The van der Waals surface area contributed by atoms with E-state index in [1.54, 1.807) is 0 Å². The van der Waals surface area contributed by atoms with Crippen molar-refractivity contribution in [2.45, 2.75) is 58.1 Å². The number of hydrazine groups is 1. The van der Waals surface area contributed by atoms with Gasteiger partial charge in [0, 0.05) is 12.6 Å². The first-order valence-corrected chi connectivity index (χ1v) is 5.95. The smallest absolute Gasteiger partial charge is 0.0575 e. The maximum Gasteiger partial charge on any atom is 0.0575 e. The van der Waals surface area contributed by atoms with Gasteiger partial charge in [-0.05, 0) is 46.0 Å². The van der Waals surface area contributed by atoms with Crippen molar-refractivity contribution < 1.29 is 4.74 Å². The average Bonchev–Trinajstić information content (AvgIpc) is 2.25. The van der Waals surface area contributed by atoms with Crippen molar-refractivity contribution in [3.63, 3.8) is 0 Å². The molecule has 1 aliphatic heterocycles. The zero-order valence-corrected chi connectivity index (χ0v) is 9.96. The van der Waals surface area contributed by atoms with E-state index in [0.717, 1.165) is 19.4 Å². The predicted octanol–water partition coefficient (Wildman–Crippen LogP) is 2.13. The Morgan fingerprint density at radius 1 is 1.53 bits per heavy atom. The largest absolute Gasteiger partial charge is 0.378 e. The van der Waals surface area contributed by atoms with Gasteiger partial charge in [0.05, 0.1) is 6.10 Å². The molecule has 0 bridgehead atoms. The molecular weight excluding hydrogens is 188 g/mol. The quantitative estimate of drug-likeness (QED) is 0.417. The number of allylic oxidation sites excluding steroid dienone is 1. The fourth-order valence-electron chi connectivity index (χ4n) is 2.02. The normalized spacial score (nSPS) is 23.5. The molecule has 2 unspecified atom stereocenters. The molecule has 3 N–H and O–H groups in total. The summed E-state index contributed by atoms with van der Waals surface area (Å²) in [5.74, 6) is 5.50. The summed E-state index contributed by atoms with van der Waals surface area (Å²) in [6.07, 6.45) is 8.57. The Hall–Kier alpha value is -0.380. The Kier molecular flexibility index (Phi) is 5.91. The van der Waals surface area contributed by atoms with Gasteiger partial charge < -0.3 is 4.74 Å². The minimum absolute atomic E-state index is 0.292. The molecule has 0 amide bonds. The number of hydrogen-bond acceptors (Lipinski definition) is 3. The van der Waals surface area contributed by atoms with Gasteiger partial charge in [-0.3, -0.25) is 11.3 Å². The number of ether oxygens (including phenoxy) is 1. The minimum Gasteiger partial charge on any atom is -0.378 e. The molecule has 1 aliphatic rings. The van der Waals surface area contributed by atoms with Crippen LogP contribution >= 0.6 is 0 Å². The minimum atomic E-state index is 0.292. The number of hydrogen-bond donors (Lipinski definition) is 2. The van der Waals surface area contributed by atoms with Crippen molar-refractivity contribution in [2.24, 2.45) is 5.84 Å². The van der Waals surface area contributed by atoms with Gasteiger partial charge in [0.1, 0.15) is 0 Å². The molecule has 1 fully saturated rings. The van der Waals surface area contributed by atoms with Crippen LogP contribution in [0.3, 0.4) is 0 Å². The van der Waals surface area contributed by atoms with Crippen LogP contribution in [0, 0.1) is 0 Å². The van der Waals surface area contributed by atoms with E-state index in [-0.39, 0.29) is 0 Å². The highest BCUT2D eigenvalue weighted by Crippen LogP contribution is 2.18. The molecule has 0 saturated carbocycles. The summed E-state index contributed by atoms with van der Waals surface area (Å²) in [6.45, 7) is 5.14. The van der Waals surface area contributed by atoms with Gasteiger partial charge in [0.2, 0.25) is 0 Å². The first-order chi connectivity index (χ1) is 7.22. The van der Waals surface area contributed by atoms with Gasteiger partial charge in [-0.25, -0.2) is 0 Å². The molecule has 88 valence electrons. The standard InChI is InChI=1S/C12H24N2O/c1-10(2)9-11(14-13)6-7-12-5-3-4-8-15-12/h9,11-12,14H,3-8,13H2,1-2H3. The average molecular weight is 212 g/mol. The van der Waals surface area contributed by atoms with E-state index in [0.29, 0.717) is 12.1 Å². The van der Waals surface area contributed by atoms with Crippen molar-refractivity contribution in [1.82, 2.24) is 5.43 Å². The molecule has 0 aromatic carbocycles. The van der Waals surface area contributed by atoms with E-state index >= 15 is 0 Å². The third kappa shape index (κ3) is 5.30. The molecule has 1 heterocycles. The molecular formula is C12H24N2O. The third-order valence-corrected chi connectivity index (χ3v) is 2.82. The van der Waals surface area contributed by atoms with Crippen molar-refractivity contribution in [2.75, 3.05) is 6.61 Å². The molecule has 0 aromatic heterocycles. The fourth-order valence-corrected chi connectivity index (χ4v) is 2.02. The van der Waals surface area contributed by atoms with E-state index in [2.05, 4.69) is 25.3 Å². The van der Waals surface area contributed by atoms with Gasteiger partial charge in [0.25, 0.3) is 0 Å². The van der Waals surface area contributed by atoms with Gasteiger partial charge in [-0.1, -0.05) is 11.6 Å². The van der Waals surface area contributed by atoms with Crippen LogP contribution in [0.15, 0.2) is 11.6 Å². The van der Waals surface area contributed by atoms with Crippen LogP contribution in [0.1, 0.15) is 46.0 Å². The summed E-state index contributed by atoms with van der Waals surface area (Å²) < 4.78 is 5.69. The topological polar surface area (TPSA) is 47.3 Å². The molecule has 3 nitrogen and oxygen atoms in total. The van der Waals surface area contributed by atoms with Crippen molar-refractivity contribution in [3.05, 3.63) is 11.6 Å².